The van der Waals surface area contributed by atoms with Gasteiger partial charge in [0.1, 0.15) is 12.6 Å². The smallest absolute Gasteiger partial charge is 0.244 e. The van der Waals surface area contributed by atoms with Crippen molar-refractivity contribution < 1.29 is 18.0 Å². The summed E-state index contributed by atoms with van der Waals surface area (Å²) >= 11 is 6.22. The molecule has 0 aromatic heterocycles. The van der Waals surface area contributed by atoms with E-state index in [4.69, 9.17) is 11.6 Å². The molecule has 2 rings (SSSR count). The number of sulfonamides is 1. The lowest BCUT2D eigenvalue weighted by Crippen LogP contribution is -2.54. The third-order valence-corrected chi connectivity index (χ3v) is 6.94. The minimum Gasteiger partial charge on any atom is -0.350 e. The van der Waals surface area contributed by atoms with Gasteiger partial charge in [-0.2, -0.15) is 0 Å². The first-order valence-corrected chi connectivity index (χ1v) is 13.2. The van der Waals surface area contributed by atoms with E-state index in [0.29, 0.717) is 5.02 Å². The zero-order valence-electron chi connectivity index (χ0n) is 20.8. The van der Waals surface area contributed by atoms with Crippen LogP contribution in [-0.4, -0.2) is 49.5 Å². The SMILES string of the molecule is Cc1ccc(N(CC(=O)N(Cc2ccccc2C)[C@@H](C)C(=O)NC(C)(C)C)S(C)(=O)=O)cc1Cl. The van der Waals surface area contributed by atoms with Crippen LogP contribution in [0.4, 0.5) is 5.69 Å². The Labute approximate surface area is 208 Å². The van der Waals surface area contributed by atoms with E-state index in [1.165, 1.54) is 11.0 Å². The van der Waals surface area contributed by atoms with Crippen LogP contribution in [-0.2, 0) is 26.2 Å². The Morgan fingerprint density at radius 3 is 2.21 bits per heavy atom. The monoisotopic (exact) mass is 507 g/mol. The molecule has 186 valence electrons. The molecule has 1 N–H and O–H groups in total. The summed E-state index contributed by atoms with van der Waals surface area (Å²) in [5, 5.41) is 3.30. The normalized spacial score (nSPS) is 12.7. The predicted molar refractivity (Wildman–Crippen MR) is 137 cm³/mol. The third kappa shape index (κ3) is 7.46. The molecule has 0 aliphatic carbocycles. The van der Waals surface area contributed by atoms with Crippen LogP contribution < -0.4 is 9.62 Å². The van der Waals surface area contributed by atoms with Gasteiger partial charge in [-0.1, -0.05) is 41.9 Å². The Hall–Kier alpha value is -2.58. The second kappa shape index (κ2) is 10.8. The van der Waals surface area contributed by atoms with E-state index >= 15 is 0 Å². The van der Waals surface area contributed by atoms with Gasteiger partial charge >= 0.3 is 0 Å². The topological polar surface area (TPSA) is 86.8 Å². The highest BCUT2D eigenvalue weighted by atomic mass is 35.5. The molecule has 0 fully saturated rings. The van der Waals surface area contributed by atoms with Gasteiger partial charge in [0.25, 0.3) is 0 Å². The van der Waals surface area contributed by atoms with E-state index in [0.717, 1.165) is 27.3 Å². The number of hydrogen-bond acceptors (Lipinski definition) is 4. The summed E-state index contributed by atoms with van der Waals surface area (Å²) in [5.74, 6) is -0.819. The van der Waals surface area contributed by atoms with Gasteiger partial charge in [0.05, 0.1) is 11.9 Å². The average molecular weight is 508 g/mol. The Kier molecular flexibility index (Phi) is 8.77. The number of halogens is 1. The maximum absolute atomic E-state index is 13.6. The Bertz CT molecular complexity index is 1160. The van der Waals surface area contributed by atoms with Gasteiger partial charge in [-0.15, -0.1) is 0 Å². The second-order valence-electron chi connectivity index (χ2n) is 9.57. The Morgan fingerprint density at radius 1 is 1.06 bits per heavy atom. The molecule has 0 aliphatic rings. The predicted octanol–water partition coefficient (Wildman–Crippen LogP) is 4.05. The first-order valence-electron chi connectivity index (χ1n) is 11.0. The van der Waals surface area contributed by atoms with Crippen molar-refractivity contribution in [2.24, 2.45) is 0 Å². The molecule has 7 nitrogen and oxygen atoms in total. The Morgan fingerprint density at radius 2 is 1.68 bits per heavy atom. The molecular weight excluding hydrogens is 474 g/mol. The lowest BCUT2D eigenvalue weighted by Gasteiger charge is -2.33. The van der Waals surface area contributed by atoms with Crippen LogP contribution in [0.1, 0.15) is 44.4 Å². The number of nitrogens with zero attached hydrogens (tertiary/aromatic N) is 2. The molecule has 2 aromatic carbocycles. The maximum Gasteiger partial charge on any atom is 0.244 e. The number of amides is 2. The molecule has 2 aromatic rings. The van der Waals surface area contributed by atoms with Crippen molar-refractivity contribution in [2.45, 2.75) is 59.7 Å². The lowest BCUT2D eigenvalue weighted by molar-refractivity contribution is -0.140. The fourth-order valence-corrected chi connectivity index (χ4v) is 4.39. The van der Waals surface area contributed by atoms with Crippen LogP contribution in [0.15, 0.2) is 42.5 Å². The standard InChI is InChI=1S/C25H34ClN3O4S/c1-17-10-8-9-11-20(17)15-28(19(3)24(31)27-25(4,5)6)23(30)16-29(34(7,32)33)21-13-12-18(2)22(26)14-21/h8-14,19H,15-16H2,1-7H3,(H,27,31)/t19-/m0/s1. The van der Waals surface area contributed by atoms with Crippen molar-refractivity contribution in [2.75, 3.05) is 17.1 Å². The van der Waals surface area contributed by atoms with Gasteiger partial charge in [0.15, 0.2) is 0 Å². The van der Waals surface area contributed by atoms with Crippen molar-refractivity contribution in [1.82, 2.24) is 10.2 Å². The molecule has 0 saturated heterocycles. The van der Waals surface area contributed by atoms with E-state index in [2.05, 4.69) is 5.32 Å². The van der Waals surface area contributed by atoms with Crippen LogP contribution in [0.5, 0.6) is 0 Å². The molecule has 1 atom stereocenters. The average Bonchev–Trinajstić information content (AvgIpc) is 2.70. The van der Waals surface area contributed by atoms with Gasteiger partial charge in [0.2, 0.25) is 21.8 Å². The summed E-state index contributed by atoms with van der Waals surface area (Å²) in [6, 6.07) is 11.6. The van der Waals surface area contributed by atoms with Gasteiger partial charge in [-0.3, -0.25) is 13.9 Å². The summed E-state index contributed by atoms with van der Waals surface area (Å²) < 4.78 is 26.3. The first kappa shape index (κ1) is 27.7. The van der Waals surface area contributed by atoms with Crippen LogP contribution in [0.2, 0.25) is 5.02 Å². The molecule has 0 heterocycles. The van der Waals surface area contributed by atoms with Crippen LogP contribution in [0.3, 0.4) is 0 Å². The molecule has 0 aliphatic heterocycles. The first-order chi connectivity index (χ1) is 15.6. The van der Waals surface area contributed by atoms with Crippen LogP contribution in [0.25, 0.3) is 0 Å². The highest BCUT2D eigenvalue weighted by Crippen LogP contribution is 2.25. The van der Waals surface area contributed by atoms with Crippen LogP contribution in [0, 0.1) is 13.8 Å². The fraction of sp³-hybridized carbons (Fsp3) is 0.440. The minimum atomic E-state index is -3.81. The van der Waals surface area contributed by atoms with Crippen molar-refractivity contribution in [3.63, 3.8) is 0 Å². The van der Waals surface area contributed by atoms with E-state index < -0.39 is 34.1 Å². The number of carbonyl (C=O) groups excluding carboxylic acids is 2. The van der Waals surface area contributed by atoms with E-state index in [1.807, 2.05) is 58.9 Å². The number of benzene rings is 2. The van der Waals surface area contributed by atoms with Gasteiger partial charge in [0, 0.05) is 17.1 Å². The number of rotatable bonds is 8. The molecule has 0 radical (unpaired) electrons. The lowest BCUT2D eigenvalue weighted by atomic mass is 10.1. The van der Waals surface area contributed by atoms with Gasteiger partial charge < -0.3 is 10.2 Å². The summed E-state index contributed by atoms with van der Waals surface area (Å²) in [5.41, 5.74) is 2.43. The van der Waals surface area contributed by atoms with Gasteiger partial charge in [-0.25, -0.2) is 8.42 Å². The number of aryl methyl sites for hydroxylation is 2. The van der Waals surface area contributed by atoms with E-state index in [1.54, 1.807) is 19.1 Å². The number of nitrogens with one attached hydrogen (secondary N) is 1. The fourth-order valence-electron chi connectivity index (χ4n) is 3.38. The van der Waals surface area contributed by atoms with Crippen molar-refractivity contribution in [1.29, 1.82) is 0 Å². The zero-order chi connectivity index (χ0) is 25.8. The molecule has 0 unspecified atom stereocenters. The molecule has 9 heteroatoms. The van der Waals surface area contributed by atoms with Crippen LogP contribution >= 0.6 is 11.6 Å². The molecule has 0 saturated carbocycles. The highest BCUT2D eigenvalue weighted by Gasteiger charge is 2.31. The van der Waals surface area contributed by atoms with Crippen molar-refractivity contribution in [3.8, 4) is 0 Å². The number of hydrogen-bond donors (Lipinski definition) is 1. The molecule has 0 bridgehead atoms. The number of anilines is 1. The maximum atomic E-state index is 13.6. The van der Waals surface area contributed by atoms with E-state index in [-0.39, 0.29) is 18.1 Å². The highest BCUT2D eigenvalue weighted by molar-refractivity contribution is 7.92. The zero-order valence-corrected chi connectivity index (χ0v) is 22.4. The quantitative estimate of drug-likeness (QED) is 0.583. The third-order valence-electron chi connectivity index (χ3n) is 5.39. The summed E-state index contributed by atoms with van der Waals surface area (Å²) in [6.45, 7) is 10.7. The second-order valence-corrected chi connectivity index (χ2v) is 11.9. The van der Waals surface area contributed by atoms with E-state index in [9.17, 15) is 18.0 Å². The molecular formula is C25H34ClN3O4S. The summed E-state index contributed by atoms with van der Waals surface area (Å²) in [4.78, 5) is 27.9. The molecule has 34 heavy (non-hydrogen) atoms. The minimum absolute atomic E-state index is 0.163. The van der Waals surface area contributed by atoms with Crippen molar-refractivity contribution >= 4 is 39.1 Å². The summed E-state index contributed by atoms with van der Waals surface area (Å²) in [7, 11) is -3.81. The Balaban J connectivity index is 2.44. The molecule has 0 spiro atoms. The largest absolute Gasteiger partial charge is 0.350 e. The van der Waals surface area contributed by atoms with Gasteiger partial charge in [-0.05, 0) is 70.4 Å². The van der Waals surface area contributed by atoms with Crippen molar-refractivity contribution in [3.05, 3.63) is 64.2 Å². The number of carbonyl (C=O) groups is 2. The summed E-state index contributed by atoms with van der Waals surface area (Å²) in [6.07, 6.45) is 1.04. The molecule has 2 amide bonds.